The van der Waals surface area contributed by atoms with Crippen LogP contribution >= 0.6 is 0 Å². The highest BCUT2D eigenvalue weighted by atomic mass is 16.1. The van der Waals surface area contributed by atoms with Crippen LogP contribution in [0.5, 0.6) is 0 Å². The summed E-state index contributed by atoms with van der Waals surface area (Å²) >= 11 is 0. The Morgan fingerprint density at radius 3 is 2.43 bits per heavy atom. The Kier molecular flexibility index (Phi) is 3.20. The third-order valence-corrected chi connectivity index (χ3v) is 3.69. The molecule has 0 aliphatic rings. The van der Waals surface area contributed by atoms with Crippen molar-refractivity contribution in [2.45, 2.75) is 0 Å². The van der Waals surface area contributed by atoms with E-state index < -0.39 is 0 Å². The Labute approximate surface area is 133 Å². The first-order chi connectivity index (χ1) is 11.3. The van der Waals surface area contributed by atoms with Gasteiger partial charge in [-0.1, -0.05) is 42.5 Å². The molecule has 0 bridgehead atoms. The molecule has 4 nitrogen and oxygen atoms in total. The van der Waals surface area contributed by atoms with Gasteiger partial charge in [-0.15, -0.1) is 0 Å². The number of rotatable bonds is 3. The highest BCUT2D eigenvalue weighted by Gasteiger charge is 2.19. The van der Waals surface area contributed by atoms with Gasteiger partial charge < -0.3 is 0 Å². The summed E-state index contributed by atoms with van der Waals surface area (Å²) in [6.07, 6.45) is 3.58. The number of hydrogen-bond donors (Lipinski definition) is 0. The predicted molar refractivity (Wildman–Crippen MR) is 88.3 cm³/mol. The molecular formula is C19H13N3O. The predicted octanol–water partition coefficient (Wildman–Crippen LogP) is 3.63. The lowest BCUT2D eigenvalue weighted by molar-refractivity contribution is 0.102. The fraction of sp³-hybridized carbons (Fsp3) is 0. The number of pyridine rings is 2. The summed E-state index contributed by atoms with van der Waals surface area (Å²) in [6.45, 7) is 0. The van der Waals surface area contributed by atoms with E-state index in [0.29, 0.717) is 17.1 Å². The van der Waals surface area contributed by atoms with Crippen molar-refractivity contribution < 1.29 is 4.79 Å². The van der Waals surface area contributed by atoms with Crippen LogP contribution in [0, 0.1) is 0 Å². The zero-order chi connectivity index (χ0) is 15.6. The molecule has 4 aromatic rings. The molecule has 3 aromatic heterocycles. The minimum atomic E-state index is -0.103. The van der Waals surface area contributed by atoms with E-state index in [9.17, 15) is 4.79 Å². The van der Waals surface area contributed by atoms with Gasteiger partial charge in [0.15, 0.2) is 5.82 Å². The molecule has 1 aromatic carbocycles. The molecule has 23 heavy (non-hydrogen) atoms. The maximum Gasteiger partial charge on any atom is 0.228 e. The van der Waals surface area contributed by atoms with Crippen LogP contribution in [0.15, 0.2) is 79.1 Å². The Morgan fingerprint density at radius 2 is 1.65 bits per heavy atom. The molecule has 0 saturated carbocycles. The van der Waals surface area contributed by atoms with Crippen LogP contribution < -0.4 is 0 Å². The summed E-state index contributed by atoms with van der Waals surface area (Å²) in [4.78, 5) is 21.7. The molecule has 4 heteroatoms. The van der Waals surface area contributed by atoms with Crippen molar-refractivity contribution in [3.63, 3.8) is 0 Å². The Bertz CT molecular complexity index is 975. The zero-order valence-electron chi connectivity index (χ0n) is 12.3. The monoisotopic (exact) mass is 299 g/mol. The number of benzene rings is 1. The smallest absolute Gasteiger partial charge is 0.228 e. The highest BCUT2D eigenvalue weighted by molar-refractivity contribution is 6.08. The van der Waals surface area contributed by atoms with E-state index in [1.807, 2.05) is 65.2 Å². The summed E-state index contributed by atoms with van der Waals surface area (Å²) < 4.78 is 1.82. The van der Waals surface area contributed by atoms with Gasteiger partial charge in [-0.05, 0) is 24.3 Å². The van der Waals surface area contributed by atoms with Crippen LogP contribution in [0.4, 0.5) is 0 Å². The van der Waals surface area contributed by atoms with E-state index in [0.717, 1.165) is 11.2 Å². The van der Waals surface area contributed by atoms with Crippen LogP contribution in [0.3, 0.4) is 0 Å². The van der Waals surface area contributed by atoms with Crippen molar-refractivity contribution in [2.75, 3.05) is 0 Å². The van der Waals surface area contributed by atoms with Gasteiger partial charge in [-0.2, -0.15) is 0 Å². The molecule has 0 saturated heterocycles. The van der Waals surface area contributed by atoms with E-state index in [1.54, 1.807) is 18.3 Å². The van der Waals surface area contributed by atoms with Crippen LogP contribution in [0.25, 0.3) is 16.9 Å². The van der Waals surface area contributed by atoms with Gasteiger partial charge in [0.1, 0.15) is 5.69 Å². The molecule has 0 spiro atoms. The van der Waals surface area contributed by atoms with Crippen molar-refractivity contribution in [3.05, 3.63) is 90.5 Å². The summed E-state index contributed by atoms with van der Waals surface area (Å²) in [7, 11) is 0. The molecule has 0 amide bonds. The lowest BCUT2D eigenvalue weighted by Crippen LogP contribution is -2.06. The summed E-state index contributed by atoms with van der Waals surface area (Å²) in [5.41, 5.74) is 2.95. The van der Waals surface area contributed by atoms with E-state index in [-0.39, 0.29) is 5.78 Å². The SMILES string of the molecule is O=C(c1ccccc1)c1nc(-c2ccccn2)c2ccccn12. The van der Waals surface area contributed by atoms with Gasteiger partial charge in [0, 0.05) is 18.0 Å². The second-order valence-electron chi connectivity index (χ2n) is 5.15. The molecule has 0 radical (unpaired) electrons. The summed E-state index contributed by atoms with van der Waals surface area (Å²) in [5, 5.41) is 0. The Balaban J connectivity index is 1.94. The number of nitrogens with zero attached hydrogens (tertiary/aromatic N) is 3. The maximum absolute atomic E-state index is 12.8. The first-order valence-electron chi connectivity index (χ1n) is 7.33. The number of ketones is 1. The third-order valence-electron chi connectivity index (χ3n) is 3.69. The molecule has 3 heterocycles. The maximum atomic E-state index is 12.8. The number of hydrogen-bond acceptors (Lipinski definition) is 3. The van der Waals surface area contributed by atoms with E-state index in [4.69, 9.17) is 0 Å². The van der Waals surface area contributed by atoms with Gasteiger partial charge in [0.2, 0.25) is 5.78 Å². The van der Waals surface area contributed by atoms with Gasteiger partial charge in [0.05, 0.1) is 11.2 Å². The molecular weight excluding hydrogens is 286 g/mol. The Hall–Kier alpha value is -3.27. The fourth-order valence-corrected chi connectivity index (χ4v) is 2.61. The molecule has 0 aliphatic heterocycles. The topological polar surface area (TPSA) is 47.3 Å². The largest absolute Gasteiger partial charge is 0.296 e. The van der Waals surface area contributed by atoms with Crippen LogP contribution in [0.2, 0.25) is 0 Å². The number of carbonyl (C=O) groups is 1. The quantitative estimate of drug-likeness (QED) is 0.543. The molecule has 0 fully saturated rings. The van der Waals surface area contributed by atoms with Crippen molar-refractivity contribution in [2.24, 2.45) is 0 Å². The first kappa shape index (κ1) is 13.4. The molecule has 4 rings (SSSR count). The summed E-state index contributed by atoms with van der Waals surface area (Å²) in [6, 6.07) is 20.6. The lowest BCUT2D eigenvalue weighted by atomic mass is 10.1. The molecule has 0 atom stereocenters. The van der Waals surface area contributed by atoms with Crippen molar-refractivity contribution >= 4 is 11.3 Å². The molecule has 0 N–H and O–H groups in total. The lowest BCUT2D eigenvalue weighted by Gasteiger charge is -2.00. The van der Waals surface area contributed by atoms with Crippen LogP contribution in [0.1, 0.15) is 16.2 Å². The van der Waals surface area contributed by atoms with E-state index in [1.165, 1.54) is 0 Å². The van der Waals surface area contributed by atoms with Crippen molar-refractivity contribution in [1.29, 1.82) is 0 Å². The molecule has 0 aliphatic carbocycles. The zero-order valence-corrected chi connectivity index (χ0v) is 12.3. The fourth-order valence-electron chi connectivity index (χ4n) is 2.61. The normalized spacial score (nSPS) is 10.8. The number of carbonyl (C=O) groups excluding carboxylic acids is 1. The Morgan fingerprint density at radius 1 is 0.870 bits per heavy atom. The second-order valence-corrected chi connectivity index (χ2v) is 5.15. The van der Waals surface area contributed by atoms with E-state index in [2.05, 4.69) is 9.97 Å². The molecule has 0 unspecified atom stereocenters. The molecule has 110 valence electrons. The number of fused-ring (bicyclic) bond motifs is 1. The standard InChI is InChI=1S/C19H13N3O/c23-18(14-8-2-1-3-9-14)19-21-17(15-10-4-6-12-20-15)16-11-5-7-13-22(16)19/h1-13H. The third kappa shape index (κ3) is 2.30. The van der Waals surface area contributed by atoms with E-state index >= 15 is 0 Å². The van der Waals surface area contributed by atoms with Crippen molar-refractivity contribution in [3.8, 4) is 11.4 Å². The highest BCUT2D eigenvalue weighted by Crippen LogP contribution is 2.24. The van der Waals surface area contributed by atoms with Crippen LogP contribution in [-0.2, 0) is 0 Å². The minimum absolute atomic E-state index is 0.103. The number of imidazole rings is 1. The van der Waals surface area contributed by atoms with Gasteiger partial charge in [0.25, 0.3) is 0 Å². The average molecular weight is 299 g/mol. The first-order valence-corrected chi connectivity index (χ1v) is 7.33. The average Bonchev–Trinajstić information content (AvgIpc) is 3.02. The van der Waals surface area contributed by atoms with Gasteiger partial charge in [-0.3, -0.25) is 14.2 Å². The van der Waals surface area contributed by atoms with Crippen molar-refractivity contribution in [1.82, 2.24) is 14.4 Å². The second kappa shape index (κ2) is 5.50. The van der Waals surface area contributed by atoms with Gasteiger partial charge >= 0.3 is 0 Å². The van der Waals surface area contributed by atoms with Gasteiger partial charge in [-0.25, -0.2) is 4.98 Å². The summed E-state index contributed by atoms with van der Waals surface area (Å²) in [5.74, 6) is 0.293. The van der Waals surface area contributed by atoms with Crippen LogP contribution in [-0.4, -0.2) is 20.2 Å². The minimum Gasteiger partial charge on any atom is -0.296 e. The number of aromatic nitrogens is 3.